The second-order valence-corrected chi connectivity index (χ2v) is 6.60. The summed E-state index contributed by atoms with van der Waals surface area (Å²) in [5.74, 6) is 0.891. The van der Waals surface area contributed by atoms with Crippen LogP contribution in [-0.2, 0) is 0 Å². The molecule has 0 aliphatic carbocycles. The maximum Gasteiger partial charge on any atom is 0.289 e. The molecule has 1 N–H and O–H groups in total. The minimum Gasteiger partial charge on any atom is -0.367 e. The fraction of sp³-hybridized carbons (Fsp3) is 0.647. The Morgan fingerprint density at radius 3 is 2.58 bits per heavy atom. The van der Waals surface area contributed by atoms with Gasteiger partial charge in [0.2, 0.25) is 0 Å². The van der Waals surface area contributed by atoms with Gasteiger partial charge in [0.15, 0.2) is 0 Å². The molecule has 0 spiro atoms. The van der Waals surface area contributed by atoms with E-state index in [1.165, 1.54) is 37.9 Å². The summed E-state index contributed by atoms with van der Waals surface area (Å²) in [6, 6.07) is 3.61. The van der Waals surface area contributed by atoms with Gasteiger partial charge in [-0.3, -0.25) is 15.0 Å². The second-order valence-electron chi connectivity index (χ2n) is 6.60. The highest BCUT2D eigenvalue weighted by atomic mass is 16.6. The van der Waals surface area contributed by atoms with E-state index in [-0.39, 0.29) is 11.3 Å². The zero-order valence-corrected chi connectivity index (χ0v) is 14.4. The molecule has 2 heterocycles. The van der Waals surface area contributed by atoms with Gasteiger partial charge in [-0.25, -0.2) is 4.98 Å². The average Bonchev–Trinajstić information content (AvgIpc) is 2.84. The first kappa shape index (κ1) is 18.1. The number of pyridine rings is 1. The van der Waals surface area contributed by atoms with Crippen molar-refractivity contribution in [3.05, 3.63) is 27.9 Å². The van der Waals surface area contributed by atoms with Crippen molar-refractivity contribution in [1.29, 1.82) is 5.26 Å². The molecule has 1 aromatic heterocycles. The van der Waals surface area contributed by atoms with Crippen molar-refractivity contribution in [1.82, 2.24) is 9.88 Å². The molecule has 7 nitrogen and oxygen atoms in total. The van der Waals surface area contributed by atoms with Crippen molar-refractivity contribution in [3.63, 3.8) is 0 Å². The Balaban J connectivity index is 2.09. The van der Waals surface area contributed by atoms with E-state index in [4.69, 9.17) is 0 Å². The Bertz CT molecular complexity index is 603. The quantitative estimate of drug-likeness (QED) is 0.635. The van der Waals surface area contributed by atoms with Crippen LogP contribution in [0.2, 0.25) is 0 Å². The summed E-state index contributed by atoms with van der Waals surface area (Å²) in [6.07, 6.45) is 6.22. The summed E-state index contributed by atoms with van der Waals surface area (Å²) in [6.45, 7) is 7.28. The van der Waals surface area contributed by atoms with E-state index in [0.717, 1.165) is 13.1 Å². The number of nitrogens with one attached hydrogen (secondary N) is 1. The van der Waals surface area contributed by atoms with E-state index in [1.54, 1.807) is 0 Å². The number of likely N-dealkylation sites (tertiary alicyclic amines) is 1. The summed E-state index contributed by atoms with van der Waals surface area (Å²) in [5.41, 5.74) is 0.0487. The largest absolute Gasteiger partial charge is 0.367 e. The maximum absolute atomic E-state index is 10.8. The van der Waals surface area contributed by atoms with Crippen LogP contribution in [0.1, 0.15) is 45.1 Å². The van der Waals surface area contributed by atoms with Crippen LogP contribution in [0.5, 0.6) is 0 Å². The predicted molar refractivity (Wildman–Crippen MR) is 92.8 cm³/mol. The van der Waals surface area contributed by atoms with Crippen LogP contribution in [0.4, 0.5) is 11.5 Å². The maximum atomic E-state index is 10.8. The van der Waals surface area contributed by atoms with Crippen LogP contribution < -0.4 is 5.32 Å². The molecule has 2 rings (SSSR count). The van der Waals surface area contributed by atoms with Gasteiger partial charge in [0, 0.05) is 18.7 Å². The molecule has 1 aromatic rings. The second kappa shape index (κ2) is 8.60. The zero-order valence-electron chi connectivity index (χ0n) is 14.4. The summed E-state index contributed by atoms with van der Waals surface area (Å²) in [7, 11) is 0. The third-order valence-corrected chi connectivity index (χ3v) is 4.56. The monoisotopic (exact) mass is 331 g/mol. The molecule has 1 aliphatic heterocycles. The van der Waals surface area contributed by atoms with E-state index in [1.807, 2.05) is 6.07 Å². The van der Waals surface area contributed by atoms with Gasteiger partial charge >= 0.3 is 0 Å². The number of hydrogen-bond donors (Lipinski definition) is 1. The van der Waals surface area contributed by atoms with Crippen LogP contribution in [0.15, 0.2) is 12.3 Å². The average molecular weight is 331 g/mol. The molecular weight excluding hydrogens is 306 g/mol. The lowest BCUT2D eigenvalue weighted by atomic mass is 10.0. The van der Waals surface area contributed by atoms with Gasteiger partial charge in [-0.1, -0.05) is 26.7 Å². The number of aromatic nitrogens is 1. The van der Waals surface area contributed by atoms with Crippen LogP contribution in [-0.4, -0.2) is 40.5 Å². The topological polar surface area (TPSA) is 95.1 Å². The smallest absolute Gasteiger partial charge is 0.289 e. The molecule has 0 radical (unpaired) electrons. The standard InChI is InChI=1S/C17H25N5O2/c1-13(2)16(21-7-5-3-4-6-8-21)12-20-17-14(10-18)9-15(11-19-17)22(23)24/h9,11,13,16H,3-8,12H2,1-2H3,(H,19,20). The van der Waals surface area contributed by atoms with Crippen molar-refractivity contribution in [2.75, 3.05) is 25.0 Å². The normalized spacial score (nSPS) is 17.1. The summed E-state index contributed by atoms with van der Waals surface area (Å²) in [4.78, 5) is 16.9. The molecule has 0 aromatic carbocycles. The molecule has 7 heteroatoms. The predicted octanol–water partition coefficient (Wildman–Crippen LogP) is 3.17. The lowest BCUT2D eigenvalue weighted by Crippen LogP contribution is -2.44. The Labute approximate surface area is 142 Å². The molecule has 130 valence electrons. The molecule has 0 bridgehead atoms. The third-order valence-electron chi connectivity index (χ3n) is 4.56. The third kappa shape index (κ3) is 4.65. The van der Waals surface area contributed by atoms with Gasteiger partial charge < -0.3 is 5.32 Å². The first-order valence-corrected chi connectivity index (χ1v) is 8.55. The lowest BCUT2D eigenvalue weighted by Gasteiger charge is -2.34. The molecule has 1 aliphatic rings. The fourth-order valence-electron chi connectivity index (χ4n) is 3.19. The number of anilines is 1. The van der Waals surface area contributed by atoms with E-state index in [0.29, 0.717) is 24.3 Å². The first-order valence-electron chi connectivity index (χ1n) is 8.55. The van der Waals surface area contributed by atoms with Crippen LogP contribution in [0, 0.1) is 27.4 Å². The molecule has 24 heavy (non-hydrogen) atoms. The number of hydrogen-bond acceptors (Lipinski definition) is 6. The summed E-state index contributed by atoms with van der Waals surface area (Å²) in [5, 5.41) is 23.3. The van der Waals surface area contributed by atoms with E-state index in [9.17, 15) is 15.4 Å². The summed E-state index contributed by atoms with van der Waals surface area (Å²) < 4.78 is 0. The van der Waals surface area contributed by atoms with E-state index < -0.39 is 4.92 Å². The molecule has 1 unspecified atom stereocenters. The minimum absolute atomic E-state index is 0.162. The highest BCUT2D eigenvalue weighted by Crippen LogP contribution is 2.21. The number of rotatable bonds is 6. The zero-order chi connectivity index (χ0) is 17.5. The fourth-order valence-corrected chi connectivity index (χ4v) is 3.19. The molecule has 1 atom stereocenters. The Hall–Kier alpha value is -2.20. The molecule has 1 fully saturated rings. The number of nitrogens with zero attached hydrogens (tertiary/aromatic N) is 4. The van der Waals surface area contributed by atoms with Crippen molar-refractivity contribution < 1.29 is 4.92 Å². The molecule has 1 saturated heterocycles. The van der Waals surface area contributed by atoms with Crippen LogP contribution in [0.3, 0.4) is 0 Å². The molecule has 0 amide bonds. The highest BCUT2D eigenvalue weighted by Gasteiger charge is 2.23. The van der Waals surface area contributed by atoms with Gasteiger partial charge in [-0.2, -0.15) is 5.26 Å². The van der Waals surface area contributed by atoms with Crippen LogP contribution >= 0.6 is 0 Å². The van der Waals surface area contributed by atoms with Gasteiger partial charge in [-0.05, 0) is 31.8 Å². The van der Waals surface area contributed by atoms with Crippen molar-refractivity contribution in [2.45, 2.75) is 45.6 Å². The van der Waals surface area contributed by atoms with Crippen LogP contribution in [0.25, 0.3) is 0 Å². The first-order chi connectivity index (χ1) is 11.5. The number of nitro groups is 1. The Morgan fingerprint density at radius 1 is 1.38 bits per heavy atom. The van der Waals surface area contributed by atoms with Gasteiger partial charge in [-0.15, -0.1) is 0 Å². The number of nitriles is 1. The Morgan fingerprint density at radius 2 is 2.04 bits per heavy atom. The minimum atomic E-state index is -0.536. The van der Waals surface area contributed by atoms with Gasteiger partial charge in [0.05, 0.1) is 4.92 Å². The Kier molecular flexibility index (Phi) is 6.50. The van der Waals surface area contributed by atoms with Gasteiger partial charge in [0.1, 0.15) is 23.6 Å². The van der Waals surface area contributed by atoms with Crippen molar-refractivity contribution in [3.8, 4) is 6.07 Å². The summed E-state index contributed by atoms with van der Waals surface area (Å²) >= 11 is 0. The van der Waals surface area contributed by atoms with E-state index >= 15 is 0 Å². The lowest BCUT2D eigenvalue weighted by molar-refractivity contribution is -0.385. The van der Waals surface area contributed by atoms with Crippen molar-refractivity contribution in [2.24, 2.45) is 5.92 Å². The highest BCUT2D eigenvalue weighted by molar-refractivity contribution is 5.55. The van der Waals surface area contributed by atoms with Crippen molar-refractivity contribution >= 4 is 11.5 Å². The van der Waals surface area contributed by atoms with Gasteiger partial charge in [0.25, 0.3) is 5.69 Å². The SMILES string of the molecule is CC(C)C(CNc1ncc([N+](=O)[O-])cc1C#N)N1CCCCCC1. The van der Waals surface area contributed by atoms with E-state index in [2.05, 4.69) is 29.0 Å². The molecular formula is C17H25N5O2. The molecule has 0 saturated carbocycles.